The largest absolute Gasteiger partial charge is 0.351 e. The molecule has 1 aliphatic rings. The van der Waals surface area contributed by atoms with E-state index in [1.54, 1.807) is 0 Å². The zero-order valence-corrected chi connectivity index (χ0v) is 21.0. The molecule has 1 amide bonds. The Labute approximate surface area is 209 Å². The molecule has 4 nitrogen and oxygen atoms in total. The summed E-state index contributed by atoms with van der Waals surface area (Å²) in [7, 11) is 2.03. The van der Waals surface area contributed by atoms with Crippen LogP contribution in [0.1, 0.15) is 46.2 Å². The van der Waals surface area contributed by atoms with Gasteiger partial charge < -0.3 is 11.1 Å². The zero-order valence-electron chi connectivity index (χ0n) is 21.0. The number of likely N-dealkylation sites (N-methyl/N-ethyl adjacent to an activating group) is 1. The van der Waals surface area contributed by atoms with Crippen LogP contribution in [0.15, 0.2) is 78.9 Å². The molecular weight excluding hydrogens is 430 g/mol. The van der Waals surface area contributed by atoms with E-state index in [0.717, 1.165) is 31.4 Å². The molecule has 0 radical (unpaired) electrons. The summed E-state index contributed by atoms with van der Waals surface area (Å²) in [6.45, 7) is 3.87. The summed E-state index contributed by atoms with van der Waals surface area (Å²) in [5, 5.41) is 3.11. The Kier molecular flexibility index (Phi) is 8.51. The van der Waals surface area contributed by atoms with Gasteiger partial charge in [0.2, 0.25) is 5.91 Å². The fraction of sp³-hybridized carbons (Fsp3) is 0.323. The molecule has 0 saturated carbocycles. The Hall–Kier alpha value is -3.21. The van der Waals surface area contributed by atoms with Crippen molar-refractivity contribution in [3.63, 3.8) is 0 Å². The van der Waals surface area contributed by atoms with E-state index in [0.29, 0.717) is 19.5 Å². The average molecular weight is 468 g/mol. The first kappa shape index (κ1) is 24.9. The van der Waals surface area contributed by atoms with Crippen LogP contribution < -0.4 is 11.1 Å². The quantitative estimate of drug-likeness (QED) is 0.472. The first-order chi connectivity index (χ1) is 17.1. The lowest BCUT2D eigenvalue weighted by Gasteiger charge is -2.26. The number of nitrogens with zero attached hydrogens (tertiary/aromatic N) is 1. The van der Waals surface area contributed by atoms with Gasteiger partial charge in [0.05, 0.1) is 6.04 Å². The Morgan fingerprint density at radius 1 is 0.971 bits per heavy atom. The van der Waals surface area contributed by atoms with Crippen molar-refractivity contribution in [2.75, 3.05) is 20.1 Å². The molecular formula is C31H37N3O. The standard InChI is InChI=1S/C31H37N3O/c1-23-13-15-24(16-14-23)22-33-31(35)30(19-20-32)34(2)21-7-12-29-27-10-5-3-8-25(27)17-18-26-9-4-6-11-28(26)29/h3-6,8-16,30H,7,17-22,32H2,1-2H3,(H,33,35). The molecule has 182 valence electrons. The van der Waals surface area contributed by atoms with E-state index in [-0.39, 0.29) is 11.9 Å². The number of amides is 1. The molecule has 3 aromatic carbocycles. The summed E-state index contributed by atoms with van der Waals surface area (Å²) in [5.41, 5.74) is 15.0. The monoisotopic (exact) mass is 467 g/mol. The van der Waals surface area contributed by atoms with Gasteiger partial charge in [-0.05, 0) is 79.6 Å². The van der Waals surface area contributed by atoms with E-state index < -0.39 is 0 Å². The summed E-state index contributed by atoms with van der Waals surface area (Å²) in [6, 6.07) is 25.5. The summed E-state index contributed by atoms with van der Waals surface area (Å²) in [4.78, 5) is 15.2. The number of nitrogens with one attached hydrogen (secondary N) is 1. The van der Waals surface area contributed by atoms with Crippen molar-refractivity contribution in [1.29, 1.82) is 0 Å². The molecule has 0 saturated heterocycles. The average Bonchev–Trinajstić information content (AvgIpc) is 3.04. The predicted octanol–water partition coefficient (Wildman–Crippen LogP) is 4.88. The molecule has 0 aliphatic heterocycles. The summed E-state index contributed by atoms with van der Waals surface area (Å²) < 4.78 is 0. The van der Waals surface area contributed by atoms with Gasteiger partial charge in [-0.15, -0.1) is 0 Å². The number of carbonyl (C=O) groups excluding carboxylic acids is 1. The first-order valence-electron chi connectivity index (χ1n) is 12.7. The van der Waals surface area contributed by atoms with Crippen LogP contribution in [0.2, 0.25) is 0 Å². The molecule has 4 heteroatoms. The molecule has 1 unspecified atom stereocenters. The number of fused-ring (bicyclic) bond motifs is 2. The van der Waals surface area contributed by atoms with Crippen LogP contribution >= 0.6 is 0 Å². The molecule has 0 fully saturated rings. The summed E-state index contributed by atoms with van der Waals surface area (Å²) in [5.74, 6) is 0.0383. The maximum Gasteiger partial charge on any atom is 0.237 e. The molecule has 0 heterocycles. The number of benzene rings is 3. The molecule has 1 aliphatic carbocycles. The number of carbonyl (C=O) groups is 1. The highest BCUT2D eigenvalue weighted by Gasteiger charge is 2.22. The molecule has 3 N–H and O–H groups in total. The lowest BCUT2D eigenvalue weighted by atomic mass is 9.93. The van der Waals surface area contributed by atoms with Gasteiger partial charge in [-0.1, -0.05) is 84.4 Å². The van der Waals surface area contributed by atoms with Gasteiger partial charge in [0.1, 0.15) is 0 Å². The third-order valence-electron chi connectivity index (χ3n) is 6.97. The smallest absolute Gasteiger partial charge is 0.237 e. The third kappa shape index (κ3) is 6.27. The lowest BCUT2D eigenvalue weighted by molar-refractivity contribution is -0.126. The van der Waals surface area contributed by atoms with Crippen LogP contribution in [0.3, 0.4) is 0 Å². The van der Waals surface area contributed by atoms with Crippen LogP contribution in [0.4, 0.5) is 0 Å². The molecule has 0 bridgehead atoms. The normalized spacial score (nSPS) is 13.5. The zero-order chi connectivity index (χ0) is 24.6. The van der Waals surface area contributed by atoms with Gasteiger partial charge in [0.15, 0.2) is 0 Å². The summed E-state index contributed by atoms with van der Waals surface area (Å²) in [6.07, 6.45) is 5.97. The highest BCUT2D eigenvalue weighted by Crippen LogP contribution is 2.33. The molecule has 35 heavy (non-hydrogen) atoms. The number of nitrogens with two attached hydrogens (primary N) is 1. The minimum absolute atomic E-state index is 0.0383. The van der Waals surface area contributed by atoms with Crippen molar-refractivity contribution < 1.29 is 4.79 Å². The minimum Gasteiger partial charge on any atom is -0.351 e. The van der Waals surface area contributed by atoms with E-state index in [9.17, 15) is 4.79 Å². The lowest BCUT2D eigenvalue weighted by Crippen LogP contribution is -2.46. The summed E-state index contributed by atoms with van der Waals surface area (Å²) >= 11 is 0. The fourth-order valence-electron chi connectivity index (χ4n) is 4.93. The third-order valence-corrected chi connectivity index (χ3v) is 6.97. The van der Waals surface area contributed by atoms with Crippen LogP contribution in [-0.2, 0) is 24.2 Å². The van der Waals surface area contributed by atoms with E-state index in [1.165, 1.54) is 33.4 Å². The van der Waals surface area contributed by atoms with Gasteiger partial charge in [0.25, 0.3) is 0 Å². The molecule has 1 atom stereocenters. The predicted molar refractivity (Wildman–Crippen MR) is 145 cm³/mol. The molecule has 0 spiro atoms. The van der Waals surface area contributed by atoms with Crippen LogP contribution in [0, 0.1) is 6.92 Å². The minimum atomic E-state index is -0.238. The maximum absolute atomic E-state index is 13.0. The van der Waals surface area contributed by atoms with Crippen molar-refractivity contribution in [2.24, 2.45) is 5.73 Å². The van der Waals surface area contributed by atoms with Crippen molar-refractivity contribution in [2.45, 2.75) is 45.2 Å². The number of hydrogen-bond acceptors (Lipinski definition) is 3. The topological polar surface area (TPSA) is 58.4 Å². The second-order valence-electron chi connectivity index (χ2n) is 9.50. The van der Waals surface area contributed by atoms with E-state index in [1.807, 2.05) is 7.05 Å². The molecule has 4 rings (SSSR count). The Balaban J connectivity index is 1.45. The van der Waals surface area contributed by atoms with Gasteiger partial charge in [0, 0.05) is 13.1 Å². The van der Waals surface area contributed by atoms with Crippen LogP contribution in [0.25, 0.3) is 5.57 Å². The highest BCUT2D eigenvalue weighted by atomic mass is 16.2. The van der Waals surface area contributed by atoms with Gasteiger partial charge in [-0.3, -0.25) is 9.69 Å². The number of aryl methyl sites for hydroxylation is 3. The van der Waals surface area contributed by atoms with Crippen molar-refractivity contribution in [1.82, 2.24) is 10.2 Å². The van der Waals surface area contributed by atoms with Crippen molar-refractivity contribution >= 4 is 11.5 Å². The highest BCUT2D eigenvalue weighted by molar-refractivity contribution is 5.84. The van der Waals surface area contributed by atoms with Crippen LogP contribution in [-0.4, -0.2) is 37.0 Å². The Bertz CT molecular complexity index is 1120. The van der Waals surface area contributed by atoms with Gasteiger partial charge in [-0.2, -0.15) is 0 Å². The second-order valence-corrected chi connectivity index (χ2v) is 9.50. The molecule has 3 aromatic rings. The maximum atomic E-state index is 13.0. The van der Waals surface area contributed by atoms with E-state index >= 15 is 0 Å². The van der Waals surface area contributed by atoms with Gasteiger partial charge >= 0.3 is 0 Å². The van der Waals surface area contributed by atoms with E-state index in [4.69, 9.17) is 5.73 Å². The number of rotatable bonds is 9. The van der Waals surface area contributed by atoms with Crippen LogP contribution in [0.5, 0.6) is 0 Å². The second kappa shape index (κ2) is 12.0. The van der Waals surface area contributed by atoms with Gasteiger partial charge in [-0.25, -0.2) is 0 Å². The Morgan fingerprint density at radius 2 is 1.57 bits per heavy atom. The van der Waals surface area contributed by atoms with E-state index in [2.05, 4.69) is 96.0 Å². The van der Waals surface area contributed by atoms with Crippen molar-refractivity contribution in [3.05, 3.63) is 112 Å². The number of hydrogen-bond donors (Lipinski definition) is 2. The molecule has 0 aromatic heterocycles. The fourth-order valence-corrected chi connectivity index (χ4v) is 4.93. The SMILES string of the molecule is Cc1ccc(CNC(=O)C(CCN)N(C)CCC=C2c3ccccc3CCc3ccccc32)cc1. The first-order valence-corrected chi connectivity index (χ1v) is 12.7. The Morgan fingerprint density at radius 3 is 2.17 bits per heavy atom. The van der Waals surface area contributed by atoms with Crippen molar-refractivity contribution in [3.8, 4) is 0 Å².